The first kappa shape index (κ1) is 18.1. The van der Waals surface area contributed by atoms with E-state index in [1.807, 2.05) is 6.07 Å². The molecule has 0 heterocycles. The van der Waals surface area contributed by atoms with Gasteiger partial charge in [0.2, 0.25) is 0 Å². The zero-order valence-corrected chi connectivity index (χ0v) is 14.1. The lowest BCUT2D eigenvalue weighted by molar-refractivity contribution is 0.572. The molecule has 0 saturated heterocycles. The molecule has 0 aliphatic rings. The maximum Gasteiger partial charge on any atom is 0.191 e. The van der Waals surface area contributed by atoms with Crippen LogP contribution in [0.4, 0.5) is 4.39 Å². The van der Waals surface area contributed by atoms with E-state index in [0.717, 1.165) is 13.0 Å². The molecule has 0 aliphatic heterocycles. The second kappa shape index (κ2) is 10.00. The van der Waals surface area contributed by atoms with E-state index in [0.29, 0.717) is 24.0 Å². The molecule has 3 nitrogen and oxygen atoms in total. The van der Waals surface area contributed by atoms with Gasteiger partial charge in [0, 0.05) is 25.7 Å². The summed E-state index contributed by atoms with van der Waals surface area (Å²) in [7, 11) is 1.71. The van der Waals surface area contributed by atoms with E-state index >= 15 is 0 Å². The minimum absolute atomic E-state index is 0. The lowest BCUT2D eigenvalue weighted by Crippen LogP contribution is -2.37. The summed E-state index contributed by atoms with van der Waals surface area (Å²) in [5, 5.41) is 6.31. The van der Waals surface area contributed by atoms with Gasteiger partial charge in [-0.1, -0.05) is 32.0 Å². The summed E-state index contributed by atoms with van der Waals surface area (Å²) < 4.78 is 13.4. The van der Waals surface area contributed by atoms with E-state index in [-0.39, 0.29) is 29.8 Å². The molecule has 0 bridgehead atoms. The van der Waals surface area contributed by atoms with Crippen LogP contribution in [-0.4, -0.2) is 19.6 Å². The fourth-order valence-electron chi connectivity index (χ4n) is 1.52. The summed E-state index contributed by atoms with van der Waals surface area (Å²) >= 11 is 0. The topological polar surface area (TPSA) is 36.4 Å². The van der Waals surface area contributed by atoms with Gasteiger partial charge < -0.3 is 10.6 Å². The molecule has 5 heteroatoms. The summed E-state index contributed by atoms with van der Waals surface area (Å²) in [5.74, 6) is 1.17. The first-order chi connectivity index (χ1) is 8.63. The molecule has 0 spiro atoms. The Morgan fingerprint density at radius 3 is 2.53 bits per heavy atom. The lowest BCUT2D eigenvalue weighted by Gasteiger charge is -2.13. The van der Waals surface area contributed by atoms with Crippen LogP contribution in [0.3, 0.4) is 0 Å². The average Bonchev–Trinajstić information content (AvgIpc) is 2.35. The van der Waals surface area contributed by atoms with Crippen LogP contribution in [0, 0.1) is 11.7 Å². The van der Waals surface area contributed by atoms with E-state index < -0.39 is 0 Å². The number of hydrogen-bond acceptors (Lipinski definition) is 1. The Labute approximate surface area is 132 Å². The third kappa shape index (κ3) is 7.34. The van der Waals surface area contributed by atoms with Gasteiger partial charge in [-0.05, 0) is 18.4 Å². The van der Waals surface area contributed by atoms with E-state index in [9.17, 15) is 4.39 Å². The highest BCUT2D eigenvalue weighted by Crippen LogP contribution is 2.05. The normalized spacial score (nSPS) is 11.1. The van der Waals surface area contributed by atoms with Gasteiger partial charge in [-0.2, -0.15) is 0 Å². The Kier molecular flexibility index (Phi) is 9.55. The third-order valence-electron chi connectivity index (χ3n) is 2.64. The zero-order chi connectivity index (χ0) is 13.4. The van der Waals surface area contributed by atoms with Crippen molar-refractivity contribution in [2.75, 3.05) is 13.6 Å². The summed E-state index contributed by atoms with van der Waals surface area (Å²) in [6.45, 7) is 5.66. The van der Waals surface area contributed by atoms with Crippen molar-refractivity contribution >= 4 is 29.9 Å². The quantitative estimate of drug-likeness (QED) is 0.469. The summed E-state index contributed by atoms with van der Waals surface area (Å²) in [6, 6.07) is 6.75. The molecule has 19 heavy (non-hydrogen) atoms. The molecule has 2 N–H and O–H groups in total. The molecule has 1 aromatic rings. The second-order valence-corrected chi connectivity index (χ2v) is 4.63. The molecule has 0 fully saturated rings. The largest absolute Gasteiger partial charge is 0.356 e. The zero-order valence-electron chi connectivity index (χ0n) is 11.7. The predicted molar refractivity (Wildman–Crippen MR) is 89.5 cm³/mol. The van der Waals surface area contributed by atoms with Crippen LogP contribution in [-0.2, 0) is 6.54 Å². The van der Waals surface area contributed by atoms with E-state index in [1.54, 1.807) is 19.2 Å². The van der Waals surface area contributed by atoms with Crippen molar-refractivity contribution in [3.05, 3.63) is 35.6 Å². The first-order valence-electron chi connectivity index (χ1n) is 6.31. The maximum absolute atomic E-state index is 13.4. The number of hydrogen-bond donors (Lipinski definition) is 2. The molecule has 0 amide bonds. The van der Waals surface area contributed by atoms with Crippen LogP contribution in [0.2, 0.25) is 0 Å². The highest BCUT2D eigenvalue weighted by atomic mass is 127. The molecule has 0 aromatic heterocycles. The molecule has 0 aliphatic carbocycles. The molecule has 1 rings (SSSR count). The molecule has 108 valence electrons. The summed E-state index contributed by atoms with van der Waals surface area (Å²) in [4.78, 5) is 4.10. The van der Waals surface area contributed by atoms with E-state index in [1.165, 1.54) is 6.07 Å². The summed E-state index contributed by atoms with van der Waals surface area (Å²) in [6.07, 6.45) is 1.08. The number of halogens is 2. The Balaban J connectivity index is 0.00000324. The Morgan fingerprint density at radius 1 is 1.26 bits per heavy atom. The molecule has 0 atom stereocenters. The van der Waals surface area contributed by atoms with Crippen molar-refractivity contribution < 1.29 is 4.39 Å². The van der Waals surface area contributed by atoms with Gasteiger partial charge in [0.15, 0.2) is 5.96 Å². The smallest absolute Gasteiger partial charge is 0.191 e. The fourth-order valence-corrected chi connectivity index (χ4v) is 1.52. The first-order valence-corrected chi connectivity index (χ1v) is 6.31. The Morgan fingerprint density at radius 2 is 1.95 bits per heavy atom. The highest BCUT2D eigenvalue weighted by Gasteiger charge is 2.02. The number of nitrogens with one attached hydrogen (secondary N) is 2. The van der Waals surface area contributed by atoms with Gasteiger partial charge in [0.25, 0.3) is 0 Å². The number of aliphatic imine (C=N–C) groups is 1. The molecule has 0 radical (unpaired) electrons. The number of rotatable bonds is 5. The van der Waals surface area contributed by atoms with Gasteiger partial charge in [-0.25, -0.2) is 4.39 Å². The van der Waals surface area contributed by atoms with Gasteiger partial charge in [0.05, 0.1) is 0 Å². The second-order valence-electron chi connectivity index (χ2n) is 4.63. The van der Waals surface area contributed by atoms with Gasteiger partial charge >= 0.3 is 0 Å². The predicted octanol–water partition coefficient (Wildman–Crippen LogP) is 3.15. The molecular weight excluding hydrogens is 356 g/mol. The molecular formula is C14H23FIN3. The monoisotopic (exact) mass is 379 g/mol. The van der Waals surface area contributed by atoms with Crippen molar-refractivity contribution in [2.24, 2.45) is 10.9 Å². The van der Waals surface area contributed by atoms with Crippen LogP contribution < -0.4 is 10.6 Å². The third-order valence-corrected chi connectivity index (χ3v) is 2.64. The van der Waals surface area contributed by atoms with Crippen LogP contribution in [0.15, 0.2) is 29.3 Å². The van der Waals surface area contributed by atoms with Crippen LogP contribution in [0.5, 0.6) is 0 Å². The number of guanidine groups is 1. The minimum Gasteiger partial charge on any atom is -0.356 e. The van der Waals surface area contributed by atoms with Crippen LogP contribution in [0.25, 0.3) is 0 Å². The van der Waals surface area contributed by atoms with Gasteiger partial charge in [-0.15, -0.1) is 24.0 Å². The Hall–Kier alpha value is -0.850. The minimum atomic E-state index is -0.192. The summed E-state index contributed by atoms with van der Waals surface area (Å²) in [5.41, 5.74) is 0.643. The molecule has 0 unspecified atom stereocenters. The maximum atomic E-state index is 13.4. The fraction of sp³-hybridized carbons (Fsp3) is 0.500. The van der Waals surface area contributed by atoms with Crippen molar-refractivity contribution in [1.29, 1.82) is 0 Å². The highest BCUT2D eigenvalue weighted by molar-refractivity contribution is 14.0. The SMILES string of the molecule is CN=C(NCCC(C)C)NCc1ccccc1F.I. The number of benzene rings is 1. The molecule has 0 saturated carbocycles. The molecule has 1 aromatic carbocycles. The van der Waals surface area contributed by atoms with Crippen molar-refractivity contribution in [3.63, 3.8) is 0 Å². The van der Waals surface area contributed by atoms with E-state index in [2.05, 4.69) is 29.5 Å². The number of nitrogens with zero attached hydrogens (tertiary/aromatic N) is 1. The Bertz CT molecular complexity index is 394. The lowest BCUT2D eigenvalue weighted by atomic mass is 10.1. The van der Waals surface area contributed by atoms with E-state index in [4.69, 9.17) is 0 Å². The standard InChI is InChI=1S/C14H22FN3.HI/c1-11(2)8-9-17-14(16-3)18-10-12-6-4-5-7-13(12)15;/h4-7,11H,8-10H2,1-3H3,(H2,16,17,18);1H. The van der Waals surface area contributed by atoms with Crippen LogP contribution in [0.1, 0.15) is 25.8 Å². The van der Waals surface area contributed by atoms with Crippen molar-refractivity contribution in [3.8, 4) is 0 Å². The van der Waals surface area contributed by atoms with Gasteiger partial charge in [-0.3, -0.25) is 4.99 Å². The van der Waals surface area contributed by atoms with Crippen LogP contribution >= 0.6 is 24.0 Å². The van der Waals surface area contributed by atoms with Gasteiger partial charge in [0.1, 0.15) is 5.82 Å². The van der Waals surface area contributed by atoms with Crippen molar-refractivity contribution in [1.82, 2.24) is 10.6 Å². The average molecular weight is 379 g/mol. The van der Waals surface area contributed by atoms with Crippen molar-refractivity contribution in [2.45, 2.75) is 26.8 Å².